The fourth-order valence-electron chi connectivity index (χ4n) is 2.48. The van der Waals surface area contributed by atoms with Crippen LogP contribution in [0.2, 0.25) is 0 Å². The van der Waals surface area contributed by atoms with Crippen molar-refractivity contribution in [3.05, 3.63) is 59.2 Å². The molecule has 2 rings (SSSR count). The Bertz CT molecular complexity index is 695. The summed E-state index contributed by atoms with van der Waals surface area (Å²) in [6.45, 7) is 6.49. The van der Waals surface area contributed by atoms with Crippen molar-refractivity contribution in [3.8, 4) is 11.5 Å². The van der Waals surface area contributed by atoms with Crippen molar-refractivity contribution in [3.63, 3.8) is 0 Å². The lowest BCUT2D eigenvalue weighted by atomic mass is 10.1. The van der Waals surface area contributed by atoms with Crippen LogP contribution in [-0.4, -0.2) is 25.7 Å². The number of carbonyl (C=O) groups excluding carboxylic acids is 1. The van der Waals surface area contributed by atoms with E-state index in [0.29, 0.717) is 6.54 Å². The Balaban J connectivity index is 1.72. The van der Waals surface area contributed by atoms with Crippen LogP contribution in [0.3, 0.4) is 0 Å². The number of nitrogens with one attached hydrogen (secondary N) is 1. The molecule has 134 valence electrons. The molecule has 0 aliphatic heterocycles. The van der Waals surface area contributed by atoms with E-state index in [1.165, 1.54) is 11.1 Å². The van der Waals surface area contributed by atoms with Gasteiger partial charge in [0, 0.05) is 6.54 Å². The first-order valence-corrected chi connectivity index (χ1v) is 8.64. The van der Waals surface area contributed by atoms with Gasteiger partial charge in [-0.05, 0) is 74.6 Å². The number of aryl methyl sites for hydroxylation is 3. The van der Waals surface area contributed by atoms with Gasteiger partial charge < -0.3 is 14.8 Å². The Kier molecular flexibility index (Phi) is 6.87. The van der Waals surface area contributed by atoms with Gasteiger partial charge in [0.05, 0.1) is 7.11 Å². The number of amides is 1. The maximum atomic E-state index is 12.1. The first-order valence-electron chi connectivity index (χ1n) is 8.64. The molecule has 0 saturated heterocycles. The predicted octanol–water partition coefficient (Wildman–Crippen LogP) is 3.83. The number of hydrogen-bond acceptors (Lipinski definition) is 3. The second kappa shape index (κ2) is 9.11. The van der Waals surface area contributed by atoms with Gasteiger partial charge in [-0.25, -0.2) is 0 Å². The van der Waals surface area contributed by atoms with Crippen molar-refractivity contribution >= 4 is 5.91 Å². The zero-order chi connectivity index (χ0) is 18.2. The highest BCUT2D eigenvalue weighted by Crippen LogP contribution is 2.17. The summed E-state index contributed by atoms with van der Waals surface area (Å²) >= 11 is 0. The van der Waals surface area contributed by atoms with Crippen LogP contribution in [0.4, 0.5) is 0 Å². The lowest BCUT2D eigenvalue weighted by Crippen LogP contribution is -2.36. The third kappa shape index (κ3) is 5.82. The average molecular weight is 341 g/mol. The van der Waals surface area contributed by atoms with E-state index in [9.17, 15) is 4.79 Å². The summed E-state index contributed by atoms with van der Waals surface area (Å²) in [5.41, 5.74) is 3.60. The summed E-state index contributed by atoms with van der Waals surface area (Å²) in [7, 11) is 1.66. The van der Waals surface area contributed by atoms with E-state index in [2.05, 4.69) is 12.2 Å². The maximum absolute atomic E-state index is 12.1. The van der Waals surface area contributed by atoms with Crippen LogP contribution < -0.4 is 14.8 Å². The Labute approximate surface area is 150 Å². The van der Waals surface area contributed by atoms with E-state index in [0.717, 1.165) is 29.9 Å². The zero-order valence-corrected chi connectivity index (χ0v) is 15.5. The van der Waals surface area contributed by atoms with Crippen molar-refractivity contribution in [1.29, 1.82) is 0 Å². The van der Waals surface area contributed by atoms with Crippen molar-refractivity contribution in [2.24, 2.45) is 0 Å². The Hall–Kier alpha value is -2.49. The first-order chi connectivity index (χ1) is 12.0. The lowest BCUT2D eigenvalue weighted by Gasteiger charge is -2.15. The largest absolute Gasteiger partial charge is 0.497 e. The SMILES string of the molecule is COc1ccc(CCCNC(=O)[C@H](C)Oc2ccc(C)c(C)c2)cc1. The molecule has 2 aromatic rings. The summed E-state index contributed by atoms with van der Waals surface area (Å²) in [4.78, 5) is 12.1. The molecule has 25 heavy (non-hydrogen) atoms. The standard InChI is InChI=1S/C21H27NO3/c1-15-7-10-20(14-16(15)2)25-17(3)21(23)22-13-5-6-18-8-11-19(24-4)12-9-18/h7-12,14,17H,5-6,13H2,1-4H3,(H,22,23)/t17-/m0/s1. The minimum Gasteiger partial charge on any atom is -0.497 e. The molecule has 1 atom stereocenters. The molecule has 0 aromatic heterocycles. The van der Waals surface area contributed by atoms with Gasteiger partial charge in [-0.1, -0.05) is 18.2 Å². The van der Waals surface area contributed by atoms with Crippen LogP contribution in [0.25, 0.3) is 0 Å². The van der Waals surface area contributed by atoms with Crippen molar-refractivity contribution < 1.29 is 14.3 Å². The summed E-state index contributed by atoms with van der Waals surface area (Å²) < 4.78 is 10.9. The van der Waals surface area contributed by atoms with Gasteiger partial charge in [0.25, 0.3) is 5.91 Å². The minimum absolute atomic E-state index is 0.0899. The molecule has 1 amide bonds. The summed E-state index contributed by atoms with van der Waals surface area (Å²) in [6.07, 6.45) is 1.29. The fraction of sp³-hybridized carbons (Fsp3) is 0.381. The van der Waals surface area contributed by atoms with Crippen LogP contribution in [0.5, 0.6) is 11.5 Å². The van der Waals surface area contributed by atoms with E-state index < -0.39 is 6.10 Å². The summed E-state index contributed by atoms with van der Waals surface area (Å²) in [5, 5.41) is 2.93. The van der Waals surface area contributed by atoms with Crippen LogP contribution in [0.1, 0.15) is 30.0 Å². The lowest BCUT2D eigenvalue weighted by molar-refractivity contribution is -0.127. The molecule has 0 bridgehead atoms. The molecule has 0 aliphatic rings. The van der Waals surface area contributed by atoms with E-state index in [1.807, 2.05) is 49.4 Å². The first kappa shape index (κ1) is 18.8. The third-order valence-electron chi connectivity index (χ3n) is 4.26. The van der Waals surface area contributed by atoms with E-state index >= 15 is 0 Å². The molecule has 0 aliphatic carbocycles. The van der Waals surface area contributed by atoms with Crippen LogP contribution >= 0.6 is 0 Å². The highest BCUT2D eigenvalue weighted by molar-refractivity contribution is 5.80. The number of benzene rings is 2. The molecular weight excluding hydrogens is 314 g/mol. The number of rotatable bonds is 8. The molecule has 2 aromatic carbocycles. The molecule has 0 saturated carbocycles. The van der Waals surface area contributed by atoms with Crippen LogP contribution in [0.15, 0.2) is 42.5 Å². The average Bonchev–Trinajstić information content (AvgIpc) is 2.62. The van der Waals surface area contributed by atoms with Gasteiger partial charge in [0.2, 0.25) is 0 Å². The van der Waals surface area contributed by atoms with E-state index in [-0.39, 0.29) is 5.91 Å². The Morgan fingerprint density at radius 1 is 1.04 bits per heavy atom. The van der Waals surface area contributed by atoms with E-state index in [4.69, 9.17) is 9.47 Å². The highest BCUT2D eigenvalue weighted by atomic mass is 16.5. The Morgan fingerprint density at radius 2 is 1.72 bits per heavy atom. The van der Waals surface area contributed by atoms with Crippen molar-refractivity contribution in [2.45, 2.75) is 39.7 Å². The minimum atomic E-state index is -0.511. The maximum Gasteiger partial charge on any atom is 0.260 e. The topological polar surface area (TPSA) is 47.6 Å². The highest BCUT2D eigenvalue weighted by Gasteiger charge is 2.14. The van der Waals surface area contributed by atoms with Crippen LogP contribution in [0, 0.1) is 13.8 Å². The molecular formula is C21H27NO3. The molecule has 4 heteroatoms. The number of hydrogen-bond donors (Lipinski definition) is 1. The second-order valence-electron chi connectivity index (χ2n) is 6.25. The number of ether oxygens (including phenoxy) is 2. The second-order valence-corrected chi connectivity index (χ2v) is 6.25. The van der Waals surface area contributed by atoms with Gasteiger partial charge >= 0.3 is 0 Å². The molecule has 0 fully saturated rings. The van der Waals surface area contributed by atoms with Crippen molar-refractivity contribution in [2.75, 3.05) is 13.7 Å². The zero-order valence-electron chi connectivity index (χ0n) is 15.5. The number of carbonyl (C=O) groups is 1. The quantitative estimate of drug-likeness (QED) is 0.742. The Morgan fingerprint density at radius 3 is 2.36 bits per heavy atom. The van der Waals surface area contributed by atoms with Gasteiger partial charge in [-0.2, -0.15) is 0 Å². The third-order valence-corrected chi connectivity index (χ3v) is 4.26. The van der Waals surface area contributed by atoms with Gasteiger partial charge in [0.1, 0.15) is 11.5 Å². The van der Waals surface area contributed by atoms with Crippen molar-refractivity contribution in [1.82, 2.24) is 5.32 Å². The molecule has 0 spiro atoms. The molecule has 0 unspecified atom stereocenters. The molecule has 4 nitrogen and oxygen atoms in total. The fourth-order valence-corrected chi connectivity index (χ4v) is 2.48. The summed E-state index contributed by atoms with van der Waals surface area (Å²) in [5.74, 6) is 1.49. The molecule has 0 heterocycles. The smallest absolute Gasteiger partial charge is 0.260 e. The van der Waals surface area contributed by atoms with Crippen LogP contribution in [-0.2, 0) is 11.2 Å². The number of methoxy groups -OCH3 is 1. The van der Waals surface area contributed by atoms with Gasteiger partial charge in [0.15, 0.2) is 6.10 Å². The van der Waals surface area contributed by atoms with E-state index in [1.54, 1.807) is 14.0 Å². The van der Waals surface area contributed by atoms with Gasteiger partial charge in [-0.15, -0.1) is 0 Å². The normalized spacial score (nSPS) is 11.7. The predicted molar refractivity (Wildman–Crippen MR) is 100 cm³/mol. The molecule has 1 N–H and O–H groups in total. The van der Waals surface area contributed by atoms with Gasteiger partial charge in [-0.3, -0.25) is 4.79 Å². The molecule has 0 radical (unpaired) electrons. The monoisotopic (exact) mass is 341 g/mol. The summed E-state index contributed by atoms with van der Waals surface area (Å²) in [6, 6.07) is 13.9.